The molecule has 25 heavy (non-hydrogen) atoms. The van der Waals surface area contributed by atoms with E-state index in [9.17, 15) is 4.79 Å². The molecule has 140 valence electrons. The topological polar surface area (TPSA) is 50.4 Å². The Balaban J connectivity index is 0.00000225. The molecule has 1 saturated heterocycles. The summed E-state index contributed by atoms with van der Waals surface area (Å²) in [5, 5.41) is 6.38. The lowest BCUT2D eigenvalue weighted by Crippen LogP contribution is -2.54. The van der Waals surface area contributed by atoms with Crippen LogP contribution in [-0.4, -0.2) is 38.3 Å². The molecule has 0 bridgehead atoms. The second kappa shape index (κ2) is 8.07. The zero-order valence-corrected chi connectivity index (χ0v) is 16.4. The van der Waals surface area contributed by atoms with Crippen LogP contribution in [0.15, 0.2) is 24.3 Å². The first kappa shape index (κ1) is 20.2. The fourth-order valence-electron chi connectivity index (χ4n) is 3.61. The number of nitrogens with one attached hydrogen (secondary N) is 2. The van der Waals surface area contributed by atoms with Gasteiger partial charge in [-0.25, -0.2) is 0 Å². The number of ether oxygens (including phenoxy) is 1. The number of carbonyl (C=O) groups excluding carboxylic acids is 1. The van der Waals surface area contributed by atoms with Crippen molar-refractivity contribution in [3.63, 3.8) is 0 Å². The van der Waals surface area contributed by atoms with E-state index in [2.05, 4.69) is 55.7 Å². The van der Waals surface area contributed by atoms with E-state index in [4.69, 9.17) is 4.74 Å². The van der Waals surface area contributed by atoms with Crippen LogP contribution in [0, 0.1) is 0 Å². The standard InChI is InChI=1S/C20H30N2O2.ClH/c1-19(2,3)15-5-7-16(8-6-15)20(9-4-10-20)14-22-18(23)17-13-24-12-11-21-17;/h5-8,17,21H,4,9-14H2,1-3H3,(H,22,23);1H. The number of morpholine rings is 1. The smallest absolute Gasteiger partial charge is 0.239 e. The van der Waals surface area contributed by atoms with Gasteiger partial charge in [0.15, 0.2) is 0 Å². The van der Waals surface area contributed by atoms with Gasteiger partial charge in [0.1, 0.15) is 6.04 Å². The highest BCUT2D eigenvalue weighted by Crippen LogP contribution is 2.43. The fourth-order valence-corrected chi connectivity index (χ4v) is 3.61. The molecular formula is C20H31ClN2O2. The summed E-state index contributed by atoms with van der Waals surface area (Å²) in [4.78, 5) is 12.3. The third kappa shape index (κ3) is 4.55. The third-order valence-corrected chi connectivity index (χ3v) is 5.51. The molecule has 1 amide bonds. The summed E-state index contributed by atoms with van der Waals surface area (Å²) in [5.41, 5.74) is 3.00. The minimum atomic E-state index is -0.209. The van der Waals surface area contributed by atoms with Gasteiger partial charge in [0.2, 0.25) is 5.91 Å². The number of hydrogen-bond acceptors (Lipinski definition) is 3. The molecule has 5 heteroatoms. The summed E-state index contributed by atoms with van der Waals surface area (Å²) in [6.07, 6.45) is 3.54. The van der Waals surface area contributed by atoms with Crippen molar-refractivity contribution in [2.45, 2.75) is 56.9 Å². The molecule has 4 nitrogen and oxygen atoms in total. The first-order valence-corrected chi connectivity index (χ1v) is 9.11. The summed E-state index contributed by atoms with van der Waals surface area (Å²) >= 11 is 0. The van der Waals surface area contributed by atoms with E-state index >= 15 is 0 Å². The molecule has 1 saturated carbocycles. The summed E-state index contributed by atoms with van der Waals surface area (Å²) in [5.74, 6) is 0.0623. The molecule has 1 atom stereocenters. The van der Waals surface area contributed by atoms with Crippen LogP contribution < -0.4 is 10.6 Å². The Morgan fingerprint density at radius 2 is 1.96 bits per heavy atom. The first-order valence-electron chi connectivity index (χ1n) is 9.11. The number of hydrogen-bond donors (Lipinski definition) is 2. The van der Waals surface area contributed by atoms with Crippen molar-refractivity contribution in [2.75, 3.05) is 26.3 Å². The second-order valence-electron chi connectivity index (χ2n) is 8.26. The van der Waals surface area contributed by atoms with Crippen LogP contribution in [0.1, 0.15) is 51.2 Å². The van der Waals surface area contributed by atoms with E-state index in [0.717, 1.165) is 25.9 Å². The maximum Gasteiger partial charge on any atom is 0.239 e. The summed E-state index contributed by atoms with van der Waals surface area (Å²) in [6.45, 7) is 9.34. The molecule has 1 aliphatic carbocycles. The minimum Gasteiger partial charge on any atom is -0.378 e. The predicted octanol–water partition coefficient (Wildman–Crippen LogP) is 2.93. The Kier molecular flexibility index (Phi) is 6.52. The molecule has 2 aliphatic rings. The van der Waals surface area contributed by atoms with Gasteiger partial charge in [-0.1, -0.05) is 51.5 Å². The highest BCUT2D eigenvalue weighted by molar-refractivity contribution is 5.85. The minimum absolute atomic E-state index is 0. The number of rotatable bonds is 4. The zero-order chi connectivity index (χ0) is 17.2. The Morgan fingerprint density at radius 3 is 2.44 bits per heavy atom. The van der Waals surface area contributed by atoms with Crippen LogP contribution in [0.2, 0.25) is 0 Å². The molecule has 2 fully saturated rings. The van der Waals surface area contributed by atoms with Gasteiger partial charge in [-0.2, -0.15) is 0 Å². The van der Waals surface area contributed by atoms with Crippen LogP contribution in [0.5, 0.6) is 0 Å². The third-order valence-electron chi connectivity index (χ3n) is 5.51. The SMILES string of the molecule is CC(C)(C)c1ccc(C2(CNC(=O)C3COCCN3)CCC2)cc1.Cl. The van der Waals surface area contributed by atoms with E-state index in [0.29, 0.717) is 13.2 Å². The normalized spacial score (nSPS) is 22.4. The van der Waals surface area contributed by atoms with Crippen LogP contribution >= 0.6 is 12.4 Å². The predicted molar refractivity (Wildman–Crippen MR) is 104 cm³/mol. The van der Waals surface area contributed by atoms with Crippen LogP contribution in [-0.2, 0) is 20.4 Å². The van der Waals surface area contributed by atoms with Crippen molar-refractivity contribution in [3.05, 3.63) is 35.4 Å². The van der Waals surface area contributed by atoms with Crippen molar-refractivity contribution >= 4 is 18.3 Å². The van der Waals surface area contributed by atoms with E-state index in [1.807, 2.05) is 0 Å². The quantitative estimate of drug-likeness (QED) is 0.861. The van der Waals surface area contributed by atoms with Gasteiger partial charge in [0, 0.05) is 18.5 Å². The molecule has 1 aromatic carbocycles. The first-order chi connectivity index (χ1) is 11.4. The molecule has 0 radical (unpaired) electrons. The Hall–Kier alpha value is -1.10. The highest BCUT2D eigenvalue weighted by Gasteiger charge is 2.39. The van der Waals surface area contributed by atoms with E-state index in [-0.39, 0.29) is 35.2 Å². The number of carbonyl (C=O) groups is 1. The van der Waals surface area contributed by atoms with Gasteiger partial charge in [0.25, 0.3) is 0 Å². The lowest BCUT2D eigenvalue weighted by Gasteiger charge is -2.43. The fraction of sp³-hybridized carbons (Fsp3) is 0.650. The largest absolute Gasteiger partial charge is 0.378 e. The van der Waals surface area contributed by atoms with Crippen molar-refractivity contribution < 1.29 is 9.53 Å². The molecule has 1 aliphatic heterocycles. The molecule has 0 aromatic heterocycles. The van der Waals surface area contributed by atoms with Gasteiger partial charge >= 0.3 is 0 Å². The molecule has 2 N–H and O–H groups in total. The Bertz CT molecular complexity index is 570. The summed E-state index contributed by atoms with van der Waals surface area (Å²) < 4.78 is 5.38. The Morgan fingerprint density at radius 1 is 1.28 bits per heavy atom. The van der Waals surface area contributed by atoms with Gasteiger partial charge in [-0.3, -0.25) is 4.79 Å². The summed E-state index contributed by atoms with van der Waals surface area (Å²) in [6, 6.07) is 8.79. The second-order valence-corrected chi connectivity index (χ2v) is 8.26. The van der Waals surface area contributed by atoms with Crippen LogP contribution in [0.3, 0.4) is 0 Å². The molecule has 3 rings (SSSR count). The van der Waals surface area contributed by atoms with Gasteiger partial charge in [0.05, 0.1) is 13.2 Å². The molecule has 1 heterocycles. The summed E-state index contributed by atoms with van der Waals surface area (Å²) in [7, 11) is 0. The Labute approximate surface area is 157 Å². The zero-order valence-electron chi connectivity index (χ0n) is 15.6. The molecule has 1 aromatic rings. The lowest BCUT2D eigenvalue weighted by atomic mass is 9.64. The van der Waals surface area contributed by atoms with Crippen LogP contribution in [0.4, 0.5) is 0 Å². The number of amides is 1. The average molecular weight is 367 g/mol. The van der Waals surface area contributed by atoms with Crippen molar-refractivity contribution in [2.24, 2.45) is 0 Å². The highest BCUT2D eigenvalue weighted by atomic mass is 35.5. The molecule has 1 unspecified atom stereocenters. The van der Waals surface area contributed by atoms with E-state index in [1.54, 1.807) is 0 Å². The van der Waals surface area contributed by atoms with E-state index < -0.39 is 0 Å². The van der Waals surface area contributed by atoms with Crippen molar-refractivity contribution in [1.29, 1.82) is 0 Å². The lowest BCUT2D eigenvalue weighted by molar-refractivity contribution is -0.126. The number of benzene rings is 1. The van der Waals surface area contributed by atoms with Crippen LogP contribution in [0.25, 0.3) is 0 Å². The van der Waals surface area contributed by atoms with Crippen molar-refractivity contribution in [1.82, 2.24) is 10.6 Å². The molecule has 0 spiro atoms. The maximum absolute atomic E-state index is 12.3. The molecular weight excluding hydrogens is 336 g/mol. The van der Waals surface area contributed by atoms with Gasteiger partial charge in [-0.15, -0.1) is 12.4 Å². The van der Waals surface area contributed by atoms with Crippen molar-refractivity contribution in [3.8, 4) is 0 Å². The average Bonchev–Trinajstić information content (AvgIpc) is 2.54. The van der Waals surface area contributed by atoms with Gasteiger partial charge < -0.3 is 15.4 Å². The maximum atomic E-state index is 12.3. The number of halogens is 1. The monoisotopic (exact) mass is 366 g/mol. The van der Waals surface area contributed by atoms with E-state index in [1.165, 1.54) is 17.5 Å². The van der Waals surface area contributed by atoms with Gasteiger partial charge in [-0.05, 0) is 29.4 Å².